The predicted octanol–water partition coefficient (Wildman–Crippen LogP) is 2.24. The number of methoxy groups -OCH3 is 1. The zero-order valence-electron chi connectivity index (χ0n) is 15.1. The Hall–Kier alpha value is -2.57. The van der Waals surface area contributed by atoms with Crippen molar-refractivity contribution < 1.29 is 23.9 Å². The molecule has 1 aliphatic carbocycles. The maximum absolute atomic E-state index is 12.8. The van der Waals surface area contributed by atoms with Crippen molar-refractivity contribution in [2.75, 3.05) is 13.7 Å². The van der Waals surface area contributed by atoms with Gasteiger partial charge in [0.15, 0.2) is 0 Å². The van der Waals surface area contributed by atoms with Crippen molar-refractivity contribution in [2.45, 2.75) is 44.8 Å². The summed E-state index contributed by atoms with van der Waals surface area (Å²) in [6, 6.07) is 6.62. The van der Waals surface area contributed by atoms with Gasteiger partial charge in [-0.25, -0.2) is 4.79 Å². The average molecular weight is 360 g/mol. The summed E-state index contributed by atoms with van der Waals surface area (Å²) in [4.78, 5) is 38.2. The van der Waals surface area contributed by atoms with E-state index in [1.54, 1.807) is 31.4 Å². The number of hydrogen-bond donors (Lipinski definition) is 1. The van der Waals surface area contributed by atoms with Gasteiger partial charge in [-0.1, -0.05) is 31.9 Å². The molecule has 7 heteroatoms. The van der Waals surface area contributed by atoms with Crippen LogP contribution in [0.15, 0.2) is 24.3 Å². The molecule has 140 valence electrons. The third-order valence-corrected chi connectivity index (χ3v) is 5.35. The van der Waals surface area contributed by atoms with Gasteiger partial charge in [-0.05, 0) is 36.5 Å². The van der Waals surface area contributed by atoms with E-state index in [1.165, 1.54) is 0 Å². The molecule has 1 aromatic carbocycles. The SMILES string of the molecule is COc1ccc(COC(=O)CN2C(=O)NC3(CCCCC3C)C2=O)cc1. The summed E-state index contributed by atoms with van der Waals surface area (Å²) in [5.41, 5.74) is -0.0558. The second-order valence-corrected chi connectivity index (χ2v) is 6.95. The van der Waals surface area contributed by atoms with Crippen LogP contribution in [0.25, 0.3) is 0 Å². The first kappa shape index (κ1) is 18.2. The van der Waals surface area contributed by atoms with Gasteiger partial charge in [0.05, 0.1) is 7.11 Å². The van der Waals surface area contributed by atoms with Crippen LogP contribution in [-0.2, 0) is 20.9 Å². The Balaban J connectivity index is 1.58. The summed E-state index contributed by atoms with van der Waals surface area (Å²) < 4.78 is 10.3. The number of hydrogen-bond acceptors (Lipinski definition) is 5. The lowest BCUT2D eigenvalue weighted by molar-refractivity contribution is -0.149. The van der Waals surface area contributed by atoms with Crippen molar-refractivity contribution in [3.8, 4) is 5.75 Å². The Morgan fingerprint density at radius 1 is 1.27 bits per heavy atom. The lowest BCUT2D eigenvalue weighted by atomic mass is 9.73. The maximum atomic E-state index is 12.8. The Morgan fingerprint density at radius 2 is 2.00 bits per heavy atom. The first-order valence-electron chi connectivity index (χ1n) is 8.89. The molecule has 1 aromatic rings. The largest absolute Gasteiger partial charge is 0.497 e. The molecule has 0 radical (unpaired) electrons. The Labute approximate surface area is 152 Å². The molecular weight excluding hydrogens is 336 g/mol. The molecule has 1 saturated carbocycles. The Morgan fingerprint density at radius 3 is 2.65 bits per heavy atom. The highest BCUT2D eigenvalue weighted by molar-refractivity contribution is 6.08. The molecule has 1 spiro atoms. The summed E-state index contributed by atoms with van der Waals surface area (Å²) in [6.07, 6.45) is 3.46. The highest BCUT2D eigenvalue weighted by Crippen LogP contribution is 2.38. The molecule has 3 rings (SSSR count). The van der Waals surface area contributed by atoms with Crippen LogP contribution < -0.4 is 10.1 Å². The number of nitrogens with zero attached hydrogens (tertiary/aromatic N) is 1. The number of benzene rings is 1. The number of esters is 1. The number of nitrogens with one attached hydrogen (secondary N) is 1. The van der Waals surface area contributed by atoms with E-state index in [4.69, 9.17) is 9.47 Å². The van der Waals surface area contributed by atoms with Crippen LogP contribution >= 0.6 is 0 Å². The van der Waals surface area contributed by atoms with E-state index in [9.17, 15) is 14.4 Å². The molecular formula is C19H24N2O5. The topological polar surface area (TPSA) is 84.9 Å². The number of carbonyl (C=O) groups excluding carboxylic acids is 3. The number of rotatable bonds is 5. The van der Waals surface area contributed by atoms with Gasteiger partial charge in [0.25, 0.3) is 5.91 Å². The molecule has 2 fully saturated rings. The van der Waals surface area contributed by atoms with E-state index >= 15 is 0 Å². The van der Waals surface area contributed by atoms with E-state index < -0.39 is 17.5 Å². The normalized spacial score (nSPS) is 25.3. The highest BCUT2D eigenvalue weighted by atomic mass is 16.5. The van der Waals surface area contributed by atoms with Gasteiger partial charge in [0.1, 0.15) is 24.4 Å². The maximum Gasteiger partial charge on any atom is 0.326 e. The minimum Gasteiger partial charge on any atom is -0.497 e. The minimum atomic E-state index is -0.856. The van der Waals surface area contributed by atoms with Crippen molar-refractivity contribution in [3.63, 3.8) is 0 Å². The number of imide groups is 1. The van der Waals surface area contributed by atoms with Crippen LogP contribution in [0.1, 0.15) is 38.2 Å². The molecule has 2 aliphatic rings. The van der Waals surface area contributed by atoms with Crippen molar-refractivity contribution in [1.29, 1.82) is 0 Å². The van der Waals surface area contributed by atoms with Crippen LogP contribution in [-0.4, -0.2) is 42.0 Å². The Bertz CT molecular complexity index is 702. The second kappa shape index (κ2) is 7.35. The Kier molecular flexibility index (Phi) is 5.15. The van der Waals surface area contributed by atoms with Crippen LogP contribution in [0.4, 0.5) is 4.79 Å². The fourth-order valence-corrected chi connectivity index (χ4v) is 3.70. The smallest absolute Gasteiger partial charge is 0.326 e. The molecule has 1 heterocycles. The van der Waals surface area contributed by atoms with Crippen molar-refractivity contribution >= 4 is 17.9 Å². The van der Waals surface area contributed by atoms with Crippen molar-refractivity contribution in [2.24, 2.45) is 5.92 Å². The molecule has 3 amide bonds. The second-order valence-electron chi connectivity index (χ2n) is 6.95. The molecule has 2 unspecified atom stereocenters. The highest BCUT2D eigenvalue weighted by Gasteiger charge is 2.55. The van der Waals surface area contributed by atoms with E-state index in [2.05, 4.69) is 5.32 Å². The first-order valence-corrected chi connectivity index (χ1v) is 8.89. The number of amides is 3. The van der Waals surface area contributed by atoms with Crippen molar-refractivity contribution in [1.82, 2.24) is 10.2 Å². The summed E-state index contributed by atoms with van der Waals surface area (Å²) >= 11 is 0. The summed E-state index contributed by atoms with van der Waals surface area (Å²) in [6.45, 7) is 1.69. The molecule has 2 atom stereocenters. The standard InChI is InChI=1S/C19H24N2O5/c1-13-5-3-4-10-19(13)17(23)21(18(24)20-19)11-16(22)26-12-14-6-8-15(25-2)9-7-14/h6-9,13H,3-5,10-12H2,1-2H3,(H,20,24). The number of carbonyl (C=O) groups is 3. The summed E-state index contributed by atoms with van der Waals surface area (Å²) in [5, 5.41) is 2.83. The van der Waals surface area contributed by atoms with Gasteiger partial charge < -0.3 is 14.8 Å². The monoisotopic (exact) mass is 360 g/mol. The van der Waals surface area contributed by atoms with Crippen LogP contribution in [0.5, 0.6) is 5.75 Å². The van der Waals surface area contributed by atoms with Gasteiger partial charge in [-0.2, -0.15) is 0 Å². The van der Waals surface area contributed by atoms with Crippen LogP contribution in [0.2, 0.25) is 0 Å². The summed E-state index contributed by atoms with van der Waals surface area (Å²) in [5.74, 6) is -0.139. The van der Waals surface area contributed by atoms with E-state index in [0.29, 0.717) is 12.2 Å². The van der Waals surface area contributed by atoms with Crippen LogP contribution in [0.3, 0.4) is 0 Å². The van der Waals surface area contributed by atoms with E-state index in [1.807, 2.05) is 6.92 Å². The van der Waals surface area contributed by atoms with Gasteiger partial charge in [0, 0.05) is 0 Å². The lowest BCUT2D eigenvalue weighted by Crippen LogP contribution is -2.54. The van der Waals surface area contributed by atoms with Gasteiger partial charge in [-0.3, -0.25) is 14.5 Å². The third kappa shape index (κ3) is 3.38. The molecule has 1 aliphatic heterocycles. The molecule has 7 nitrogen and oxygen atoms in total. The third-order valence-electron chi connectivity index (χ3n) is 5.35. The average Bonchev–Trinajstić information content (AvgIpc) is 2.88. The zero-order valence-corrected chi connectivity index (χ0v) is 15.1. The summed E-state index contributed by atoms with van der Waals surface area (Å²) in [7, 11) is 1.58. The molecule has 0 bridgehead atoms. The minimum absolute atomic E-state index is 0.0630. The number of ether oxygens (including phenoxy) is 2. The van der Waals surface area contributed by atoms with Crippen molar-refractivity contribution in [3.05, 3.63) is 29.8 Å². The zero-order chi connectivity index (χ0) is 18.7. The number of urea groups is 1. The first-order chi connectivity index (χ1) is 12.5. The molecule has 1 N–H and O–H groups in total. The fourth-order valence-electron chi connectivity index (χ4n) is 3.70. The quantitative estimate of drug-likeness (QED) is 0.643. The van der Waals surface area contributed by atoms with E-state index in [0.717, 1.165) is 29.7 Å². The lowest BCUT2D eigenvalue weighted by Gasteiger charge is -2.36. The van der Waals surface area contributed by atoms with E-state index in [-0.39, 0.29) is 25.0 Å². The predicted molar refractivity (Wildman–Crippen MR) is 93.4 cm³/mol. The van der Waals surface area contributed by atoms with Crippen LogP contribution in [0, 0.1) is 5.92 Å². The fraction of sp³-hybridized carbons (Fsp3) is 0.526. The van der Waals surface area contributed by atoms with Gasteiger partial charge in [0.2, 0.25) is 0 Å². The van der Waals surface area contributed by atoms with Gasteiger partial charge >= 0.3 is 12.0 Å². The molecule has 26 heavy (non-hydrogen) atoms. The van der Waals surface area contributed by atoms with Gasteiger partial charge in [-0.15, -0.1) is 0 Å². The molecule has 0 aromatic heterocycles. The molecule has 1 saturated heterocycles.